The maximum Gasteiger partial charge on any atom is 0.310 e. The summed E-state index contributed by atoms with van der Waals surface area (Å²) in [6.45, 7) is 1.66. The molecule has 21 heavy (non-hydrogen) atoms. The Morgan fingerprint density at radius 3 is 2.05 bits per heavy atom. The Bertz CT molecular complexity index is 620. The van der Waals surface area contributed by atoms with Gasteiger partial charge in [-0.1, -0.05) is 54.6 Å². The lowest BCUT2D eigenvalue weighted by Crippen LogP contribution is -2.07. The molecule has 0 aliphatic heterocycles. The van der Waals surface area contributed by atoms with Gasteiger partial charge in [0.2, 0.25) is 0 Å². The smallest absolute Gasteiger partial charge is 0.310 e. The fraction of sp³-hybridized carbons (Fsp3) is 0.235. The van der Waals surface area contributed by atoms with Crippen LogP contribution in [-0.2, 0) is 27.1 Å². The minimum absolute atomic E-state index is 0.483. The lowest BCUT2D eigenvalue weighted by molar-refractivity contribution is -0.138. The van der Waals surface area contributed by atoms with Crippen molar-refractivity contribution in [3.05, 3.63) is 71.3 Å². The Balaban J connectivity index is 1.97. The Kier molecular flexibility index (Phi) is 5.28. The van der Waals surface area contributed by atoms with Gasteiger partial charge in [0.15, 0.2) is 0 Å². The molecule has 0 aliphatic rings. The third-order valence-electron chi connectivity index (χ3n) is 3.35. The Hall–Kier alpha value is -1.94. The molecule has 2 unspecified atom stereocenters. The molecule has 4 heteroatoms. The first-order valence-corrected chi connectivity index (χ1v) is 8.25. The van der Waals surface area contributed by atoms with Crippen LogP contribution >= 0.6 is 0 Å². The van der Waals surface area contributed by atoms with Crippen molar-refractivity contribution >= 4 is 16.8 Å². The van der Waals surface area contributed by atoms with Crippen molar-refractivity contribution in [3.63, 3.8) is 0 Å². The maximum absolute atomic E-state index is 12.1. The van der Waals surface area contributed by atoms with Gasteiger partial charge in [-0.3, -0.25) is 9.00 Å². The molecule has 0 fully saturated rings. The van der Waals surface area contributed by atoms with E-state index in [0.29, 0.717) is 11.5 Å². The molecule has 0 saturated carbocycles. The summed E-state index contributed by atoms with van der Waals surface area (Å²) in [6, 6.07) is 17.1. The number of rotatable bonds is 6. The monoisotopic (exact) mass is 302 g/mol. The summed E-state index contributed by atoms with van der Waals surface area (Å²) < 4.78 is 12.1. The van der Waals surface area contributed by atoms with Crippen molar-refractivity contribution in [2.45, 2.75) is 24.3 Å². The van der Waals surface area contributed by atoms with E-state index in [-0.39, 0.29) is 0 Å². The van der Waals surface area contributed by atoms with E-state index in [1.165, 1.54) is 0 Å². The van der Waals surface area contributed by atoms with E-state index in [0.717, 1.165) is 16.7 Å². The molecule has 3 nitrogen and oxygen atoms in total. The van der Waals surface area contributed by atoms with Crippen molar-refractivity contribution in [1.29, 1.82) is 0 Å². The van der Waals surface area contributed by atoms with Crippen LogP contribution < -0.4 is 0 Å². The molecular formula is C17H18O3S. The molecular weight excluding hydrogens is 284 g/mol. The highest BCUT2D eigenvalue weighted by Gasteiger charge is 2.13. The number of hydrogen-bond acceptors (Lipinski definition) is 2. The summed E-state index contributed by atoms with van der Waals surface area (Å²) in [6.07, 6.45) is 0. The van der Waals surface area contributed by atoms with Crippen LogP contribution in [0.5, 0.6) is 0 Å². The molecule has 2 atom stereocenters. The zero-order valence-corrected chi connectivity index (χ0v) is 12.7. The number of carboxylic acid groups (broad SMARTS) is 1. The van der Waals surface area contributed by atoms with E-state index in [9.17, 15) is 9.00 Å². The normalized spacial score (nSPS) is 13.6. The van der Waals surface area contributed by atoms with Crippen molar-refractivity contribution in [1.82, 2.24) is 0 Å². The van der Waals surface area contributed by atoms with Crippen LogP contribution in [0, 0.1) is 0 Å². The number of carbonyl (C=O) groups is 1. The molecule has 0 amide bonds. The van der Waals surface area contributed by atoms with Gasteiger partial charge in [-0.05, 0) is 23.6 Å². The number of hydrogen-bond donors (Lipinski definition) is 1. The molecule has 2 aromatic rings. The molecule has 1 N–H and O–H groups in total. The van der Waals surface area contributed by atoms with Crippen LogP contribution in [0.25, 0.3) is 0 Å². The van der Waals surface area contributed by atoms with Crippen LogP contribution in [0.4, 0.5) is 0 Å². The van der Waals surface area contributed by atoms with E-state index in [4.69, 9.17) is 5.11 Å². The average molecular weight is 302 g/mol. The lowest BCUT2D eigenvalue weighted by Gasteiger charge is -2.08. The molecule has 0 heterocycles. The van der Waals surface area contributed by atoms with Gasteiger partial charge in [0, 0.05) is 22.3 Å². The van der Waals surface area contributed by atoms with Gasteiger partial charge in [-0.2, -0.15) is 0 Å². The van der Waals surface area contributed by atoms with Crippen LogP contribution in [0.3, 0.4) is 0 Å². The molecule has 0 radical (unpaired) electrons. The van der Waals surface area contributed by atoms with Gasteiger partial charge in [0.05, 0.1) is 5.92 Å². The molecule has 2 aromatic carbocycles. The van der Waals surface area contributed by atoms with Gasteiger partial charge < -0.3 is 5.11 Å². The fourth-order valence-electron chi connectivity index (χ4n) is 2.04. The van der Waals surface area contributed by atoms with Crippen LogP contribution in [0.2, 0.25) is 0 Å². The largest absolute Gasteiger partial charge is 0.481 e. The molecule has 0 bridgehead atoms. The van der Waals surface area contributed by atoms with Crippen molar-refractivity contribution in [2.24, 2.45) is 0 Å². The molecule has 0 saturated heterocycles. The first-order valence-electron chi connectivity index (χ1n) is 6.77. The van der Waals surface area contributed by atoms with E-state index >= 15 is 0 Å². The highest BCUT2D eigenvalue weighted by Crippen LogP contribution is 2.17. The first kappa shape index (κ1) is 15.4. The topological polar surface area (TPSA) is 54.4 Å². The summed E-state index contributed by atoms with van der Waals surface area (Å²) >= 11 is 0. The fourth-order valence-corrected chi connectivity index (χ4v) is 3.27. The minimum Gasteiger partial charge on any atom is -0.481 e. The predicted octanol–water partition coefficient (Wildman–Crippen LogP) is 3.32. The number of aliphatic carboxylic acids is 1. The standard InChI is InChI=1S/C17H18O3S/c1-13(17(18)19)16-9-7-15(8-10-16)12-21(20)11-14-5-3-2-4-6-14/h2-10,13H,11-12H2,1H3,(H,18,19). The molecule has 0 aromatic heterocycles. The zero-order chi connectivity index (χ0) is 15.2. The van der Waals surface area contributed by atoms with E-state index in [1.54, 1.807) is 19.1 Å². The lowest BCUT2D eigenvalue weighted by atomic mass is 10.0. The van der Waals surface area contributed by atoms with Gasteiger partial charge in [-0.15, -0.1) is 0 Å². The van der Waals surface area contributed by atoms with Crippen molar-refractivity contribution < 1.29 is 14.1 Å². The van der Waals surface area contributed by atoms with E-state index < -0.39 is 22.7 Å². The summed E-state index contributed by atoms with van der Waals surface area (Å²) in [4.78, 5) is 10.9. The summed E-state index contributed by atoms with van der Waals surface area (Å²) in [5.74, 6) is -0.339. The van der Waals surface area contributed by atoms with Crippen LogP contribution in [0.1, 0.15) is 29.5 Å². The number of carboxylic acids is 1. The maximum atomic E-state index is 12.1. The first-order chi connectivity index (χ1) is 10.1. The molecule has 0 spiro atoms. The van der Waals surface area contributed by atoms with Gasteiger partial charge in [0.1, 0.15) is 0 Å². The average Bonchev–Trinajstić information content (AvgIpc) is 2.48. The van der Waals surface area contributed by atoms with Gasteiger partial charge in [0.25, 0.3) is 0 Å². The van der Waals surface area contributed by atoms with Crippen molar-refractivity contribution in [2.75, 3.05) is 0 Å². The highest BCUT2D eigenvalue weighted by atomic mass is 32.2. The van der Waals surface area contributed by atoms with Crippen LogP contribution in [0.15, 0.2) is 54.6 Å². The number of benzene rings is 2. The highest BCUT2D eigenvalue weighted by molar-refractivity contribution is 7.83. The second-order valence-electron chi connectivity index (χ2n) is 5.02. The zero-order valence-electron chi connectivity index (χ0n) is 11.9. The Labute approximate surface area is 127 Å². The van der Waals surface area contributed by atoms with E-state index in [1.807, 2.05) is 42.5 Å². The van der Waals surface area contributed by atoms with Gasteiger partial charge in [-0.25, -0.2) is 0 Å². The minimum atomic E-state index is -0.964. The summed E-state index contributed by atoms with van der Waals surface area (Å²) in [5.41, 5.74) is 2.79. The predicted molar refractivity (Wildman–Crippen MR) is 84.5 cm³/mol. The third kappa shape index (κ3) is 4.53. The Morgan fingerprint density at radius 2 is 1.52 bits per heavy atom. The molecule has 0 aliphatic carbocycles. The second-order valence-corrected chi connectivity index (χ2v) is 6.47. The van der Waals surface area contributed by atoms with Crippen molar-refractivity contribution in [3.8, 4) is 0 Å². The molecule has 110 valence electrons. The van der Waals surface area contributed by atoms with E-state index in [2.05, 4.69) is 0 Å². The molecule has 2 rings (SSSR count). The SMILES string of the molecule is CC(C(=O)O)c1ccc(CS(=O)Cc2ccccc2)cc1. The third-order valence-corrected chi connectivity index (χ3v) is 4.66. The van der Waals surface area contributed by atoms with Crippen LogP contribution in [-0.4, -0.2) is 15.3 Å². The second kappa shape index (κ2) is 7.18. The summed E-state index contributed by atoms with van der Waals surface area (Å²) in [7, 11) is -0.964. The van der Waals surface area contributed by atoms with Gasteiger partial charge >= 0.3 is 5.97 Å². The summed E-state index contributed by atoms with van der Waals surface area (Å²) in [5, 5.41) is 8.97. The quantitative estimate of drug-likeness (QED) is 0.890. The Morgan fingerprint density at radius 1 is 1.00 bits per heavy atom.